The molecule has 3 aromatic rings. The van der Waals surface area contributed by atoms with Crippen LogP contribution in [0.25, 0.3) is 0 Å². The summed E-state index contributed by atoms with van der Waals surface area (Å²) in [6.45, 7) is 1.96. The molecule has 32 heavy (non-hydrogen) atoms. The van der Waals surface area contributed by atoms with Crippen LogP contribution in [0.5, 0.6) is 5.75 Å². The molecule has 1 heterocycles. The Kier molecular flexibility index (Phi) is 8.37. The Labute approximate surface area is 189 Å². The minimum atomic E-state index is -0.184. The van der Waals surface area contributed by atoms with E-state index in [1.807, 2.05) is 43.3 Å². The lowest BCUT2D eigenvalue weighted by Crippen LogP contribution is -2.26. The van der Waals surface area contributed by atoms with Gasteiger partial charge in [-0.15, -0.1) is 0 Å². The van der Waals surface area contributed by atoms with Crippen LogP contribution >= 0.6 is 0 Å². The number of methoxy groups -OCH3 is 1. The quantitative estimate of drug-likeness (QED) is 0.446. The highest BCUT2D eigenvalue weighted by atomic mass is 16.5. The number of pyridine rings is 1. The predicted octanol–water partition coefficient (Wildman–Crippen LogP) is 4.93. The number of benzene rings is 2. The number of rotatable bonds is 10. The molecule has 0 spiro atoms. The van der Waals surface area contributed by atoms with Gasteiger partial charge >= 0.3 is 0 Å². The normalized spacial score (nSPS) is 11.4. The first-order valence-corrected chi connectivity index (χ1v) is 10.8. The lowest BCUT2D eigenvalue weighted by molar-refractivity contribution is -0.121. The average Bonchev–Trinajstić information content (AvgIpc) is 2.83. The summed E-state index contributed by atoms with van der Waals surface area (Å²) in [5.74, 6) is 0.713. The van der Waals surface area contributed by atoms with E-state index in [9.17, 15) is 9.59 Å². The third-order valence-electron chi connectivity index (χ3n) is 5.27. The van der Waals surface area contributed by atoms with E-state index in [1.165, 1.54) is 5.56 Å². The van der Waals surface area contributed by atoms with Crippen LogP contribution in [0.3, 0.4) is 0 Å². The maximum Gasteiger partial charge on any atom is 0.255 e. The Bertz CT molecular complexity index is 1000. The van der Waals surface area contributed by atoms with Crippen molar-refractivity contribution in [1.29, 1.82) is 0 Å². The van der Waals surface area contributed by atoms with Crippen molar-refractivity contribution in [3.63, 3.8) is 0 Å². The summed E-state index contributed by atoms with van der Waals surface area (Å²) >= 11 is 0. The van der Waals surface area contributed by atoms with Crippen molar-refractivity contribution in [3.05, 3.63) is 89.7 Å². The van der Waals surface area contributed by atoms with Crippen molar-refractivity contribution in [3.8, 4) is 5.75 Å². The molecule has 0 aliphatic carbocycles. The second kappa shape index (κ2) is 11.6. The summed E-state index contributed by atoms with van der Waals surface area (Å²) in [6, 6.07) is 18.8. The highest BCUT2D eigenvalue weighted by Crippen LogP contribution is 2.18. The minimum absolute atomic E-state index is 0.0438. The summed E-state index contributed by atoms with van der Waals surface area (Å²) < 4.78 is 5.17. The standard InChI is InChI=1S/C26H29N3O3/c1-19(28-25(30)6-4-3-5-20-7-13-24(32-2)14-8-20)21-9-11-23(12-10-21)29-26(31)22-15-17-27-18-16-22/h7-19H,3-6H2,1-2H3,(H,28,30)(H,29,31). The number of aryl methyl sites for hydroxylation is 1. The first kappa shape index (κ1) is 23.0. The lowest BCUT2D eigenvalue weighted by Gasteiger charge is -2.15. The van der Waals surface area contributed by atoms with Gasteiger partial charge in [-0.2, -0.15) is 0 Å². The number of anilines is 1. The van der Waals surface area contributed by atoms with E-state index in [2.05, 4.69) is 27.8 Å². The lowest BCUT2D eigenvalue weighted by atomic mass is 10.1. The molecule has 0 fully saturated rings. The number of nitrogens with one attached hydrogen (secondary N) is 2. The molecule has 2 aromatic carbocycles. The van der Waals surface area contributed by atoms with Gasteiger partial charge in [-0.25, -0.2) is 0 Å². The topological polar surface area (TPSA) is 80.3 Å². The number of nitrogens with zero attached hydrogens (tertiary/aromatic N) is 1. The number of hydrogen-bond donors (Lipinski definition) is 2. The number of aromatic nitrogens is 1. The minimum Gasteiger partial charge on any atom is -0.497 e. The molecule has 0 aliphatic heterocycles. The highest BCUT2D eigenvalue weighted by Gasteiger charge is 2.10. The van der Waals surface area contributed by atoms with Crippen LogP contribution in [-0.4, -0.2) is 23.9 Å². The number of unbranched alkanes of at least 4 members (excludes halogenated alkanes) is 1. The molecule has 2 N–H and O–H groups in total. The molecule has 6 nitrogen and oxygen atoms in total. The summed E-state index contributed by atoms with van der Waals surface area (Å²) in [4.78, 5) is 28.4. The van der Waals surface area contributed by atoms with Gasteiger partial charge in [-0.1, -0.05) is 24.3 Å². The Morgan fingerprint density at radius 2 is 1.62 bits per heavy atom. The molecule has 0 saturated carbocycles. The fraction of sp³-hybridized carbons (Fsp3) is 0.269. The molecule has 2 amide bonds. The predicted molar refractivity (Wildman–Crippen MR) is 126 cm³/mol. The van der Waals surface area contributed by atoms with Crippen LogP contribution in [0.4, 0.5) is 5.69 Å². The summed E-state index contributed by atoms with van der Waals surface area (Å²) in [6.07, 6.45) is 6.41. The van der Waals surface area contributed by atoms with Crippen molar-refractivity contribution in [2.24, 2.45) is 0 Å². The van der Waals surface area contributed by atoms with Crippen molar-refractivity contribution in [2.75, 3.05) is 12.4 Å². The smallest absolute Gasteiger partial charge is 0.255 e. The first-order chi connectivity index (χ1) is 15.5. The summed E-state index contributed by atoms with van der Waals surface area (Å²) in [5, 5.41) is 5.90. The van der Waals surface area contributed by atoms with Crippen LogP contribution < -0.4 is 15.4 Å². The van der Waals surface area contributed by atoms with Gasteiger partial charge in [-0.3, -0.25) is 14.6 Å². The van der Waals surface area contributed by atoms with Gasteiger partial charge in [0.05, 0.1) is 13.2 Å². The van der Waals surface area contributed by atoms with Gasteiger partial charge in [0.25, 0.3) is 5.91 Å². The average molecular weight is 432 g/mol. The highest BCUT2D eigenvalue weighted by molar-refractivity contribution is 6.04. The SMILES string of the molecule is COc1ccc(CCCCC(=O)NC(C)c2ccc(NC(=O)c3ccncc3)cc2)cc1. The van der Waals surface area contributed by atoms with Gasteiger partial charge in [0.1, 0.15) is 5.75 Å². The molecule has 1 aromatic heterocycles. The number of amides is 2. The third kappa shape index (κ3) is 6.94. The second-order valence-corrected chi connectivity index (χ2v) is 7.66. The molecule has 0 aliphatic rings. The van der Waals surface area contributed by atoms with Gasteiger partial charge in [0, 0.05) is 30.1 Å². The van der Waals surface area contributed by atoms with Gasteiger partial charge < -0.3 is 15.4 Å². The van der Waals surface area contributed by atoms with Crippen LogP contribution in [0, 0.1) is 0 Å². The molecule has 0 saturated heterocycles. The molecule has 1 unspecified atom stereocenters. The molecule has 0 bridgehead atoms. The molecule has 0 radical (unpaired) electrons. The molecular formula is C26H29N3O3. The van der Waals surface area contributed by atoms with Gasteiger partial charge in [0.2, 0.25) is 5.91 Å². The van der Waals surface area contributed by atoms with Gasteiger partial charge in [0.15, 0.2) is 0 Å². The Hall–Kier alpha value is -3.67. The van der Waals surface area contributed by atoms with Crippen molar-refractivity contribution in [2.45, 2.75) is 38.6 Å². The third-order valence-corrected chi connectivity index (χ3v) is 5.27. The fourth-order valence-corrected chi connectivity index (χ4v) is 3.37. The van der Waals surface area contributed by atoms with Crippen molar-refractivity contribution >= 4 is 17.5 Å². The number of ether oxygens (including phenoxy) is 1. The Morgan fingerprint density at radius 1 is 0.938 bits per heavy atom. The maximum atomic E-state index is 12.3. The summed E-state index contributed by atoms with van der Waals surface area (Å²) in [5.41, 5.74) is 3.48. The van der Waals surface area contributed by atoms with E-state index in [4.69, 9.17) is 4.74 Å². The maximum absolute atomic E-state index is 12.3. The Morgan fingerprint density at radius 3 is 2.28 bits per heavy atom. The zero-order chi connectivity index (χ0) is 22.8. The number of carbonyl (C=O) groups is 2. The van der Waals surface area contributed by atoms with Crippen LogP contribution in [-0.2, 0) is 11.2 Å². The van der Waals surface area contributed by atoms with Crippen molar-refractivity contribution in [1.82, 2.24) is 10.3 Å². The van der Waals surface area contributed by atoms with Gasteiger partial charge in [-0.05, 0) is 73.7 Å². The molecule has 3 rings (SSSR count). The molecular weight excluding hydrogens is 402 g/mol. The van der Waals surface area contributed by atoms with E-state index in [1.54, 1.807) is 31.6 Å². The zero-order valence-corrected chi connectivity index (χ0v) is 18.5. The molecule has 1 atom stereocenters. The second-order valence-electron chi connectivity index (χ2n) is 7.66. The zero-order valence-electron chi connectivity index (χ0n) is 18.5. The Balaban J connectivity index is 1.40. The molecule has 166 valence electrons. The number of carbonyl (C=O) groups excluding carboxylic acids is 2. The van der Waals surface area contributed by atoms with E-state index >= 15 is 0 Å². The van der Waals surface area contributed by atoms with Crippen molar-refractivity contribution < 1.29 is 14.3 Å². The molecule has 6 heteroatoms. The van der Waals surface area contributed by atoms with E-state index in [0.717, 1.165) is 30.6 Å². The van der Waals surface area contributed by atoms with E-state index < -0.39 is 0 Å². The number of hydrogen-bond acceptors (Lipinski definition) is 4. The first-order valence-electron chi connectivity index (χ1n) is 10.8. The largest absolute Gasteiger partial charge is 0.497 e. The summed E-state index contributed by atoms with van der Waals surface area (Å²) in [7, 11) is 1.66. The van der Waals surface area contributed by atoms with Crippen LogP contribution in [0.2, 0.25) is 0 Å². The van der Waals surface area contributed by atoms with E-state index in [0.29, 0.717) is 17.7 Å². The van der Waals surface area contributed by atoms with Crippen LogP contribution in [0.15, 0.2) is 73.1 Å². The van der Waals surface area contributed by atoms with E-state index in [-0.39, 0.29) is 17.9 Å². The fourth-order valence-electron chi connectivity index (χ4n) is 3.37. The van der Waals surface area contributed by atoms with Crippen LogP contribution in [0.1, 0.15) is 53.7 Å². The monoisotopic (exact) mass is 431 g/mol.